The van der Waals surface area contributed by atoms with Crippen LogP contribution in [0.4, 0.5) is 0 Å². The molecule has 2 aromatic rings. The molecule has 1 aromatic heterocycles. The van der Waals surface area contributed by atoms with Crippen LogP contribution in [0.2, 0.25) is 0 Å². The van der Waals surface area contributed by atoms with Gasteiger partial charge in [-0.3, -0.25) is 9.36 Å². The fourth-order valence-corrected chi connectivity index (χ4v) is 1.53. The minimum absolute atomic E-state index is 0.0729. The lowest BCUT2D eigenvalue weighted by molar-refractivity contribution is 0.0697. The number of benzene rings is 1. The van der Waals surface area contributed by atoms with E-state index in [9.17, 15) is 9.59 Å². The molecule has 0 atom stereocenters. The number of ether oxygens (including phenoxy) is 1. The Labute approximate surface area is 110 Å². The van der Waals surface area contributed by atoms with Crippen LogP contribution >= 0.6 is 0 Å². The number of nitrogens with zero attached hydrogens (tertiary/aromatic N) is 1. The number of hydrogen-bond acceptors (Lipinski definition) is 3. The Hall–Kier alpha value is -2.56. The smallest absolute Gasteiger partial charge is 0.337 e. The Morgan fingerprint density at radius 1 is 1.21 bits per heavy atom. The van der Waals surface area contributed by atoms with Crippen molar-refractivity contribution in [3.63, 3.8) is 0 Å². The molecule has 5 heteroatoms. The summed E-state index contributed by atoms with van der Waals surface area (Å²) in [6.45, 7) is 1.82. The number of aryl methyl sites for hydroxylation is 1. The SMILES string of the molecule is Cc1ccc(OCC(=O)n2ccc(C(=O)O)c2)cc1. The summed E-state index contributed by atoms with van der Waals surface area (Å²) >= 11 is 0. The fraction of sp³-hybridized carbons (Fsp3) is 0.143. The van der Waals surface area contributed by atoms with Gasteiger partial charge in [0.1, 0.15) is 5.75 Å². The van der Waals surface area contributed by atoms with Crippen molar-refractivity contribution in [2.75, 3.05) is 6.61 Å². The third kappa shape index (κ3) is 3.22. The summed E-state index contributed by atoms with van der Waals surface area (Å²) in [6.07, 6.45) is 2.67. The monoisotopic (exact) mass is 259 g/mol. The summed E-state index contributed by atoms with van der Waals surface area (Å²) in [5.41, 5.74) is 1.18. The van der Waals surface area contributed by atoms with Gasteiger partial charge >= 0.3 is 5.97 Å². The number of aromatic carboxylic acids is 1. The summed E-state index contributed by atoms with van der Waals surface area (Å²) in [7, 11) is 0. The normalized spacial score (nSPS) is 10.2. The van der Waals surface area contributed by atoms with Gasteiger partial charge in [-0.25, -0.2) is 4.79 Å². The zero-order valence-electron chi connectivity index (χ0n) is 10.4. The zero-order chi connectivity index (χ0) is 13.8. The minimum atomic E-state index is -1.06. The number of carboxylic acids is 1. The average Bonchev–Trinajstić information content (AvgIpc) is 2.87. The molecule has 2 rings (SSSR count). The number of carbonyl (C=O) groups is 2. The van der Waals surface area contributed by atoms with Crippen LogP contribution in [0.3, 0.4) is 0 Å². The van der Waals surface area contributed by atoms with Crippen molar-refractivity contribution in [2.24, 2.45) is 0 Å². The van der Waals surface area contributed by atoms with Crippen LogP contribution in [0, 0.1) is 6.92 Å². The maximum Gasteiger partial charge on any atom is 0.337 e. The van der Waals surface area contributed by atoms with E-state index in [4.69, 9.17) is 9.84 Å². The van der Waals surface area contributed by atoms with Crippen LogP contribution in [-0.2, 0) is 0 Å². The van der Waals surface area contributed by atoms with Crippen molar-refractivity contribution in [2.45, 2.75) is 6.92 Å². The van der Waals surface area contributed by atoms with E-state index in [2.05, 4.69) is 0 Å². The first-order chi connectivity index (χ1) is 9.06. The average molecular weight is 259 g/mol. The van der Waals surface area contributed by atoms with Gasteiger partial charge in [-0.2, -0.15) is 0 Å². The molecule has 5 nitrogen and oxygen atoms in total. The summed E-state index contributed by atoms with van der Waals surface area (Å²) < 4.78 is 6.54. The van der Waals surface area contributed by atoms with E-state index in [-0.39, 0.29) is 18.1 Å². The van der Waals surface area contributed by atoms with Crippen molar-refractivity contribution in [3.8, 4) is 5.75 Å². The topological polar surface area (TPSA) is 68.5 Å². The Balaban J connectivity index is 1.97. The highest BCUT2D eigenvalue weighted by molar-refractivity contribution is 5.89. The predicted octanol–water partition coefficient (Wildman–Crippen LogP) is 2.21. The molecule has 0 aliphatic heterocycles. The molecule has 0 saturated heterocycles. The van der Waals surface area contributed by atoms with E-state index in [0.29, 0.717) is 5.75 Å². The van der Waals surface area contributed by atoms with E-state index in [1.807, 2.05) is 19.1 Å². The largest absolute Gasteiger partial charge is 0.484 e. The molecule has 0 aliphatic carbocycles. The maximum absolute atomic E-state index is 11.8. The molecule has 1 aromatic carbocycles. The second-order valence-electron chi connectivity index (χ2n) is 4.11. The van der Waals surface area contributed by atoms with E-state index in [1.165, 1.54) is 23.0 Å². The lowest BCUT2D eigenvalue weighted by atomic mass is 10.2. The quantitative estimate of drug-likeness (QED) is 0.914. The summed E-state index contributed by atoms with van der Waals surface area (Å²) in [6, 6.07) is 8.70. The molecule has 0 aliphatic rings. The van der Waals surface area contributed by atoms with Crippen molar-refractivity contribution < 1.29 is 19.4 Å². The molecule has 0 saturated carbocycles. The van der Waals surface area contributed by atoms with Crippen molar-refractivity contribution in [1.82, 2.24) is 4.57 Å². The molecule has 0 unspecified atom stereocenters. The lowest BCUT2D eigenvalue weighted by Gasteiger charge is -2.06. The number of carbonyl (C=O) groups excluding carboxylic acids is 1. The molecular weight excluding hydrogens is 246 g/mol. The summed E-state index contributed by atoms with van der Waals surface area (Å²) in [5.74, 6) is -0.788. The highest BCUT2D eigenvalue weighted by Crippen LogP contribution is 2.11. The van der Waals surface area contributed by atoms with Crippen LogP contribution in [0.15, 0.2) is 42.7 Å². The van der Waals surface area contributed by atoms with Gasteiger partial charge in [0.2, 0.25) is 0 Å². The van der Waals surface area contributed by atoms with E-state index in [1.54, 1.807) is 12.1 Å². The zero-order valence-corrected chi connectivity index (χ0v) is 10.4. The molecule has 1 heterocycles. The van der Waals surface area contributed by atoms with Gasteiger partial charge in [0, 0.05) is 12.4 Å². The molecule has 1 N–H and O–H groups in total. The number of aromatic nitrogens is 1. The minimum Gasteiger partial charge on any atom is -0.484 e. The van der Waals surface area contributed by atoms with Crippen molar-refractivity contribution >= 4 is 11.9 Å². The maximum atomic E-state index is 11.8. The van der Waals surface area contributed by atoms with Crippen LogP contribution < -0.4 is 4.74 Å². The third-order valence-corrected chi connectivity index (χ3v) is 2.61. The second kappa shape index (κ2) is 5.39. The summed E-state index contributed by atoms with van der Waals surface area (Å²) in [4.78, 5) is 22.5. The van der Waals surface area contributed by atoms with Gasteiger partial charge in [-0.15, -0.1) is 0 Å². The first kappa shape index (κ1) is 12.9. The van der Waals surface area contributed by atoms with Crippen molar-refractivity contribution in [3.05, 3.63) is 53.9 Å². The van der Waals surface area contributed by atoms with Gasteiger partial charge in [0.05, 0.1) is 5.56 Å². The molecular formula is C14H13NO4. The molecule has 0 amide bonds. The van der Waals surface area contributed by atoms with Gasteiger partial charge in [0.15, 0.2) is 6.61 Å². The highest BCUT2D eigenvalue weighted by atomic mass is 16.5. The highest BCUT2D eigenvalue weighted by Gasteiger charge is 2.10. The fourth-order valence-electron chi connectivity index (χ4n) is 1.53. The number of hydrogen-bond donors (Lipinski definition) is 1. The Morgan fingerprint density at radius 3 is 2.47 bits per heavy atom. The van der Waals surface area contributed by atoms with Gasteiger partial charge in [0.25, 0.3) is 5.91 Å². The molecule has 0 fully saturated rings. The van der Waals surface area contributed by atoms with Gasteiger partial charge < -0.3 is 9.84 Å². The number of carboxylic acid groups (broad SMARTS) is 1. The molecule has 0 radical (unpaired) electrons. The second-order valence-corrected chi connectivity index (χ2v) is 4.11. The van der Waals surface area contributed by atoms with Gasteiger partial charge in [-0.05, 0) is 25.1 Å². The van der Waals surface area contributed by atoms with Gasteiger partial charge in [-0.1, -0.05) is 17.7 Å². The molecule has 19 heavy (non-hydrogen) atoms. The van der Waals surface area contributed by atoms with Crippen LogP contribution in [-0.4, -0.2) is 28.2 Å². The Kier molecular flexibility index (Phi) is 3.66. The van der Waals surface area contributed by atoms with E-state index < -0.39 is 5.97 Å². The third-order valence-electron chi connectivity index (χ3n) is 2.61. The first-order valence-electron chi connectivity index (χ1n) is 5.70. The van der Waals surface area contributed by atoms with Crippen LogP contribution in [0.25, 0.3) is 0 Å². The van der Waals surface area contributed by atoms with Crippen molar-refractivity contribution in [1.29, 1.82) is 0 Å². The van der Waals surface area contributed by atoms with E-state index >= 15 is 0 Å². The van der Waals surface area contributed by atoms with Crippen LogP contribution in [0.1, 0.15) is 20.7 Å². The standard InChI is InChI=1S/C14H13NO4/c1-10-2-4-12(5-3-10)19-9-13(16)15-7-6-11(8-15)14(17)18/h2-8H,9H2,1H3,(H,17,18). The Bertz CT molecular complexity index is 598. The Morgan fingerprint density at radius 2 is 1.89 bits per heavy atom. The molecule has 98 valence electrons. The van der Waals surface area contributed by atoms with E-state index in [0.717, 1.165) is 5.56 Å². The molecule has 0 spiro atoms. The number of rotatable bonds is 4. The first-order valence-corrected chi connectivity index (χ1v) is 5.70. The molecule has 0 bridgehead atoms. The predicted molar refractivity (Wildman–Crippen MR) is 68.7 cm³/mol. The van der Waals surface area contributed by atoms with Crippen LogP contribution in [0.5, 0.6) is 5.75 Å². The lowest BCUT2D eigenvalue weighted by Crippen LogP contribution is -2.17. The summed E-state index contributed by atoms with van der Waals surface area (Å²) in [5, 5.41) is 8.76.